The fourth-order valence-electron chi connectivity index (χ4n) is 2.44. The Morgan fingerprint density at radius 1 is 1.21 bits per heavy atom. The van der Waals surface area contributed by atoms with Gasteiger partial charge < -0.3 is 10.0 Å². The summed E-state index contributed by atoms with van der Waals surface area (Å²) < 4.78 is 0. The molecule has 0 aromatic carbocycles. The average molecular weight is 197 g/mol. The number of rotatable bonds is 3. The van der Waals surface area contributed by atoms with Crippen LogP contribution in [0.5, 0.6) is 0 Å². The van der Waals surface area contributed by atoms with Gasteiger partial charge >= 0.3 is 5.97 Å². The van der Waals surface area contributed by atoms with E-state index in [4.69, 9.17) is 5.11 Å². The van der Waals surface area contributed by atoms with E-state index < -0.39 is 5.97 Å². The van der Waals surface area contributed by atoms with Crippen molar-refractivity contribution in [1.82, 2.24) is 4.90 Å². The molecule has 1 saturated carbocycles. The topological polar surface area (TPSA) is 40.5 Å². The number of carboxylic acid groups (broad SMARTS) is 1. The van der Waals surface area contributed by atoms with Gasteiger partial charge in [-0.15, -0.1) is 0 Å². The van der Waals surface area contributed by atoms with Crippen LogP contribution in [0.1, 0.15) is 38.5 Å². The van der Waals surface area contributed by atoms with Crippen LogP contribution in [-0.4, -0.2) is 35.1 Å². The zero-order chi connectivity index (χ0) is 9.97. The van der Waals surface area contributed by atoms with E-state index >= 15 is 0 Å². The molecule has 1 heterocycles. The summed E-state index contributed by atoms with van der Waals surface area (Å²) in [5, 5.41) is 8.73. The quantitative estimate of drug-likeness (QED) is 0.749. The van der Waals surface area contributed by atoms with Crippen LogP contribution >= 0.6 is 0 Å². The SMILES string of the molecule is O=C(O)CC1CCCN(C2CC2)CC1. The molecule has 2 fully saturated rings. The van der Waals surface area contributed by atoms with Gasteiger partial charge in [-0.05, 0) is 51.1 Å². The van der Waals surface area contributed by atoms with E-state index in [9.17, 15) is 4.79 Å². The maximum atomic E-state index is 10.6. The molecular weight excluding hydrogens is 178 g/mol. The second kappa shape index (κ2) is 4.30. The Morgan fingerprint density at radius 3 is 2.64 bits per heavy atom. The Kier molecular flexibility index (Phi) is 3.06. The maximum Gasteiger partial charge on any atom is 0.303 e. The molecule has 1 atom stereocenters. The van der Waals surface area contributed by atoms with Crippen molar-refractivity contribution in [3.05, 3.63) is 0 Å². The molecule has 0 bridgehead atoms. The molecule has 1 N–H and O–H groups in total. The van der Waals surface area contributed by atoms with E-state index in [1.165, 1.54) is 25.8 Å². The molecule has 14 heavy (non-hydrogen) atoms. The zero-order valence-electron chi connectivity index (χ0n) is 8.61. The first-order chi connectivity index (χ1) is 6.75. The Balaban J connectivity index is 1.78. The molecule has 1 aliphatic heterocycles. The van der Waals surface area contributed by atoms with E-state index in [-0.39, 0.29) is 0 Å². The van der Waals surface area contributed by atoms with Gasteiger partial charge in [-0.25, -0.2) is 0 Å². The van der Waals surface area contributed by atoms with Crippen LogP contribution < -0.4 is 0 Å². The number of hydrogen-bond acceptors (Lipinski definition) is 2. The van der Waals surface area contributed by atoms with E-state index in [1.807, 2.05) is 0 Å². The predicted octanol–water partition coefficient (Wildman–Crippen LogP) is 1.73. The van der Waals surface area contributed by atoms with E-state index in [2.05, 4.69) is 4.90 Å². The standard InChI is InChI=1S/C11H19NO2/c13-11(14)8-9-2-1-6-12(7-5-9)10-3-4-10/h9-10H,1-8H2,(H,13,14). The van der Waals surface area contributed by atoms with Gasteiger partial charge in [-0.3, -0.25) is 4.79 Å². The summed E-state index contributed by atoms with van der Waals surface area (Å²) in [6, 6.07) is 0.846. The summed E-state index contributed by atoms with van der Waals surface area (Å²) in [6.07, 6.45) is 6.48. The summed E-state index contributed by atoms with van der Waals surface area (Å²) in [5.41, 5.74) is 0. The molecule has 0 amide bonds. The van der Waals surface area contributed by atoms with Gasteiger partial charge in [0.15, 0.2) is 0 Å². The molecule has 2 aliphatic rings. The monoisotopic (exact) mass is 197 g/mol. The van der Waals surface area contributed by atoms with Crippen LogP contribution in [0.25, 0.3) is 0 Å². The van der Waals surface area contributed by atoms with E-state index in [0.29, 0.717) is 12.3 Å². The van der Waals surface area contributed by atoms with Crippen molar-refractivity contribution in [2.45, 2.75) is 44.6 Å². The van der Waals surface area contributed by atoms with Gasteiger partial charge in [-0.1, -0.05) is 0 Å². The van der Waals surface area contributed by atoms with E-state index in [1.54, 1.807) is 0 Å². The zero-order valence-corrected chi connectivity index (χ0v) is 8.61. The highest BCUT2D eigenvalue weighted by atomic mass is 16.4. The molecule has 1 saturated heterocycles. The van der Waals surface area contributed by atoms with Gasteiger partial charge in [0.2, 0.25) is 0 Å². The third kappa shape index (κ3) is 2.71. The Hall–Kier alpha value is -0.570. The molecule has 3 nitrogen and oxygen atoms in total. The van der Waals surface area contributed by atoms with Crippen molar-refractivity contribution in [1.29, 1.82) is 0 Å². The van der Waals surface area contributed by atoms with Gasteiger partial charge in [0.25, 0.3) is 0 Å². The molecule has 1 unspecified atom stereocenters. The Morgan fingerprint density at radius 2 is 2.00 bits per heavy atom. The highest BCUT2D eigenvalue weighted by Gasteiger charge is 2.30. The summed E-state index contributed by atoms with van der Waals surface area (Å²) in [7, 11) is 0. The first-order valence-corrected chi connectivity index (χ1v) is 5.71. The average Bonchev–Trinajstić information content (AvgIpc) is 2.86. The summed E-state index contributed by atoms with van der Waals surface area (Å²) >= 11 is 0. The first kappa shape index (κ1) is 9.97. The number of carbonyl (C=O) groups is 1. The van der Waals surface area contributed by atoms with Gasteiger partial charge in [0.1, 0.15) is 0 Å². The smallest absolute Gasteiger partial charge is 0.303 e. The van der Waals surface area contributed by atoms with Crippen LogP contribution in [0.15, 0.2) is 0 Å². The van der Waals surface area contributed by atoms with Crippen molar-refractivity contribution in [3.8, 4) is 0 Å². The van der Waals surface area contributed by atoms with Crippen molar-refractivity contribution in [3.63, 3.8) is 0 Å². The molecule has 2 rings (SSSR count). The predicted molar refractivity (Wildman–Crippen MR) is 54.2 cm³/mol. The Bertz CT molecular complexity index is 213. The molecule has 0 radical (unpaired) electrons. The number of aliphatic carboxylic acids is 1. The molecular formula is C11H19NO2. The van der Waals surface area contributed by atoms with Crippen LogP contribution in [0.4, 0.5) is 0 Å². The van der Waals surface area contributed by atoms with Crippen LogP contribution in [-0.2, 0) is 4.79 Å². The number of likely N-dealkylation sites (tertiary alicyclic amines) is 1. The lowest BCUT2D eigenvalue weighted by molar-refractivity contribution is -0.138. The fraction of sp³-hybridized carbons (Fsp3) is 0.909. The summed E-state index contributed by atoms with van der Waals surface area (Å²) in [5.74, 6) is -0.203. The number of nitrogens with zero attached hydrogens (tertiary/aromatic N) is 1. The summed E-state index contributed by atoms with van der Waals surface area (Å²) in [6.45, 7) is 2.32. The first-order valence-electron chi connectivity index (χ1n) is 5.71. The lowest BCUT2D eigenvalue weighted by atomic mass is 9.97. The second-order valence-corrected chi connectivity index (χ2v) is 4.66. The third-order valence-corrected chi connectivity index (χ3v) is 3.41. The highest BCUT2D eigenvalue weighted by Crippen LogP contribution is 2.30. The largest absolute Gasteiger partial charge is 0.481 e. The number of carboxylic acids is 1. The molecule has 0 aromatic heterocycles. The molecule has 0 aromatic rings. The van der Waals surface area contributed by atoms with Crippen molar-refractivity contribution in [2.24, 2.45) is 5.92 Å². The van der Waals surface area contributed by atoms with Crippen molar-refractivity contribution < 1.29 is 9.90 Å². The summed E-state index contributed by atoms with van der Waals surface area (Å²) in [4.78, 5) is 13.2. The Labute approximate surface area is 85.1 Å². The minimum Gasteiger partial charge on any atom is -0.481 e. The highest BCUT2D eigenvalue weighted by molar-refractivity contribution is 5.67. The van der Waals surface area contributed by atoms with Gasteiger partial charge in [0.05, 0.1) is 0 Å². The lowest BCUT2D eigenvalue weighted by Gasteiger charge is -2.18. The van der Waals surface area contributed by atoms with E-state index in [0.717, 1.165) is 25.4 Å². The van der Waals surface area contributed by atoms with Gasteiger partial charge in [0, 0.05) is 12.5 Å². The minimum atomic E-state index is -0.630. The molecule has 1 aliphatic carbocycles. The van der Waals surface area contributed by atoms with Crippen LogP contribution in [0, 0.1) is 5.92 Å². The van der Waals surface area contributed by atoms with Crippen molar-refractivity contribution >= 4 is 5.97 Å². The van der Waals surface area contributed by atoms with Crippen LogP contribution in [0.2, 0.25) is 0 Å². The lowest BCUT2D eigenvalue weighted by Crippen LogP contribution is -2.27. The van der Waals surface area contributed by atoms with Crippen molar-refractivity contribution in [2.75, 3.05) is 13.1 Å². The molecule has 0 spiro atoms. The second-order valence-electron chi connectivity index (χ2n) is 4.66. The third-order valence-electron chi connectivity index (χ3n) is 3.41. The van der Waals surface area contributed by atoms with Gasteiger partial charge in [-0.2, -0.15) is 0 Å². The normalized spacial score (nSPS) is 29.9. The number of hydrogen-bond donors (Lipinski definition) is 1. The fourth-order valence-corrected chi connectivity index (χ4v) is 2.44. The van der Waals surface area contributed by atoms with Crippen LogP contribution in [0.3, 0.4) is 0 Å². The molecule has 80 valence electrons. The molecule has 3 heteroatoms. The maximum absolute atomic E-state index is 10.6. The minimum absolute atomic E-state index is 0.374.